The van der Waals surface area contributed by atoms with Crippen LogP contribution in [-0.4, -0.2) is 27.5 Å². The highest BCUT2D eigenvalue weighted by Gasteiger charge is 2.17. The fourth-order valence-electron chi connectivity index (χ4n) is 2.37. The van der Waals surface area contributed by atoms with Gasteiger partial charge in [-0.25, -0.2) is 4.79 Å². The van der Waals surface area contributed by atoms with Gasteiger partial charge < -0.3 is 10.4 Å². The SMILES string of the molecule is Cc1nn(C)c(NC(=O)NC(CCCO)c2ccccc2)c1Cl. The standard InChI is InChI=1S/C16H21ClN4O2/c1-11-14(17)15(21(2)20-11)19-16(23)18-13(9-6-10-22)12-7-4-3-5-8-12/h3-5,7-8,13,22H,6,9-10H2,1-2H3,(H2,18,19,23). The van der Waals surface area contributed by atoms with E-state index in [1.54, 1.807) is 14.0 Å². The van der Waals surface area contributed by atoms with E-state index in [2.05, 4.69) is 15.7 Å². The van der Waals surface area contributed by atoms with Crippen LogP contribution in [0.25, 0.3) is 0 Å². The smallest absolute Gasteiger partial charge is 0.320 e. The maximum atomic E-state index is 12.3. The summed E-state index contributed by atoms with van der Waals surface area (Å²) in [5, 5.41) is 19.3. The Bertz CT molecular complexity index is 658. The Hall–Kier alpha value is -2.05. The summed E-state index contributed by atoms with van der Waals surface area (Å²) in [6, 6.07) is 9.11. The number of nitrogens with one attached hydrogen (secondary N) is 2. The van der Waals surface area contributed by atoms with E-state index in [9.17, 15) is 4.79 Å². The van der Waals surface area contributed by atoms with Crippen LogP contribution in [0.5, 0.6) is 0 Å². The number of nitrogens with zero attached hydrogens (tertiary/aromatic N) is 2. The largest absolute Gasteiger partial charge is 0.396 e. The Morgan fingerprint density at radius 1 is 1.39 bits per heavy atom. The molecule has 1 aromatic carbocycles. The van der Waals surface area contributed by atoms with Crippen molar-refractivity contribution in [3.05, 3.63) is 46.6 Å². The molecule has 0 bridgehead atoms. The second-order valence-electron chi connectivity index (χ2n) is 5.30. The van der Waals surface area contributed by atoms with Crippen molar-refractivity contribution in [2.24, 2.45) is 7.05 Å². The van der Waals surface area contributed by atoms with Gasteiger partial charge in [0.15, 0.2) is 5.82 Å². The summed E-state index contributed by atoms with van der Waals surface area (Å²) in [6.07, 6.45) is 1.25. The summed E-state index contributed by atoms with van der Waals surface area (Å²) < 4.78 is 1.53. The highest BCUT2D eigenvalue weighted by atomic mass is 35.5. The minimum atomic E-state index is -0.360. The number of aryl methyl sites for hydroxylation is 2. The van der Waals surface area contributed by atoms with Crippen molar-refractivity contribution >= 4 is 23.4 Å². The fourth-order valence-corrected chi connectivity index (χ4v) is 2.58. The van der Waals surface area contributed by atoms with E-state index in [0.29, 0.717) is 29.4 Å². The molecule has 0 aliphatic carbocycles. The molecular formula is C16H21ClN4O2. The molecule has 3 N–H and O–H groups in total. The van der Waals surface area contributed by atoms with Crippen LogP contribution in [0.15, 0.2) is 30.3 Å². The van der Waals surface area contributed by atoms with E-state index in [1.807, 2.05) is 30.3 Å². The van der Waals surface area contributed by atoms with Crippen LogP contribution in [-0.2, 0) is 7.05 Å². The number of anilines is 1. The molecular weight excluding hydrogens is 316 g/mol. The number of carbonyl (C=O) groups excluding carboxylic acids is 1. The normalized spacial score (nSPS) is 12.0. The summed E-state index contributed by atoms with van der Waals surface area (Å²) >= 11 is 6.14. The highest BCUT2D eigenvalue weighted by Crippen LogP contribution is 2.25. The molecule has 0 aliphatic rings. The van der Waals surface area contributed by atoms with Gasteiger partial charge in [0.1, 0.15) is 5.02 Å². The number of urea groups is 1. The number of aliphatic hydroxyl groups is 1. The molecule has 7 heteroatoms. The molecule has 2 aromatic rings. The van der Waals surface area contributed by atoms with Crippen LogP contribution >= 0.6 is 11.6 Å². The Morgan fingerprint density at radius 3 is 2.65 bits per heavy atom. The molecule has 6 nitrogen and oxygen atoms in total. The van der Waals surface area contributed by atoms with Gasteiger partial charge in [0.2, 0.25) is 0 Å². The van der Waals surface area contributed by atoms with Crippen LogP contribution in [0.4, 0.5) is 10.6 Å². The number of carbonyl (C=O) groups is 1. The van der Waals surface area contributed by atoms with E-state index in [1.165, 1.54) is 4.68 Å². The first-order valence-electron chi connectivity index (χ1n) is 7.45. The first-order chi connectivity index (χ1) is 11.0. The lowest BCUT2D eigenvalue weighted by Crippen LogP contribution is -2.33. The molecule has 0 fully saturated rings. The summed E-state index contributed by atoms with van der Waals surface area (Å²) in [5.74, 6) is 0.454. The summed E-state index contributed by atoms with van der Waals surface area (Å²) in [7, 11) is 1.72. The molecule has 0 aliphatic heterocycles. The van der Waals surface area contributed by atoms with Crippen molar-refractivity contribution in [1.29, 1.82) is 0 Å². The van der Waals surface area contributed by atoms with Crippen molar-refractivity contribution in [2.45, 2.75) is 25.8 Å². The predicted molar refractivity (Wildman–Crippen MR) is 90.6 cm³/mol. The molecule has 1 heterocycles. The lowest BCUT2D eigenvalue weighted by Gasteiger charge is -2.19. The van der Waals surface area contributed by atoms with Gasteiger partial charge in [-0.1, -0.05) is 41.9 Å². The Morgan fingerprint density at radius 2 is 2.09 bits per heavy atom. The summed E-state index contributed by atoms with van der Waals surface area (Å²) in [5.41, 5.74) is 1.65. The molecule has 0 saturated heterocycles. The first-order valence-corrected chi connectivity index (χ1v) is 7.83. The van der Waals surface area contributed by atoms with Gasteiger partial charge in [-0.2, -0.15) is 5.10 Å². The van der Waals surface area contributed by atoms with Crippen molar-refractivity contribution < 1.29 is 9.90 Å². The quantitative estimate of drug-likeness (QED) is 0.758. The molecule has 23 heavy (non-hydrogen) atoms. The first kappa shape index (κ1) is 17.3. The third kappa shape index (κ3) is 4.46. The average Bonchev–Trinajstić information content (AvgIpc) is 2.78. The second-order valence-corrected chi connectivity index (χ2v) is 5.68. The second kappa shape index (κ2) is 7.99. The van der Waals surface area contributed by atoms with E-state index in [4.69, 9.17) is 16.7 Å². The van der Waals surface area contributed by atoms with E-state index < -0.39 is 0 Å². The maximum absolute atomic E-state index is 12.3. The van der Waals surface area contributed by atoms with Gasteiger partial charge in [0.25, 0.3) is 0 Å². The zero-order valence-electron chi connectivity index (χ0n) is 13.2. The molecule has 2 rings (SSSR count). The minimum Gasteiger partial charge on any atom is -0.396 e. The Labute approximate surface area is 140 Å². The van der Waals surface area contributed by atoms with E-state index >= 15 is 0 Å². The number of aliphatic hydroxyl groups excluding tert-OH is 1. The lowest BCUT2D eigenvalue weighted by atomic mass is 10.0. The Balaban J connectivity index is 2.08. The molecule has 2 amide bonds. The molecule has 1 atom stereocenters. The van der Waals surface area contributed by atoms with Crippen LogP contribution in [0.1, 0.15) is 30.1 Å². The number of halogens is 1. The topological polar surface area (TPSA) is 79.2 Å². The van der Waals surface area contributed by atoms with Gasteiger partial charge in [0, 0.05) is 13.7 Å². The van der Waals surface area contributed by atoms with E-state index in [-0.39, 0.29) is 18.7 Å². The van der Waals surface area contributed by atoms with Crippen molar-refractivity contribution in [1.82, 2.24) is 15.1 Å². The summed E-state index contributed by atoms with van der Waals surface area (Å²) in [6.45, 7) is 1.86. The number of amides is 2. The van der Waals surface area contributed by atoms with Gasteiger partial charge in [0.05, 0.1) is 11.7 Å². The Kier molecular flexibility index (Phi) is 6.01. The monoisotopic (exact) mass is 336 g/mol. The van der Waals surface area contributed by atoms with Crippen molar-refractivity contribution in [3.8, 4) is 0 Å². The molecule has 0 saturated carbocycles. The minimum absolute atomic E-state index is 0.0827. The molecule has 124 valence electrons. The van der Waals surface area contributed by atoms with Crippen LogP contribution in [0.3, 0.4) is 0 Å². The van der Waals surface area contributed by atoms with Gasteiger partial charge in [-0.15, -0.1) is 0 Å². The third-order valence-electron chi connectivity index (χ3n) is 3.54. The van der Waals surface area contributed by atoms with Crippen molar-refractivity contribution in [2.75, 3.05) is 11.9 Å². The van der Waals surface area contributed by atoms with Gasteiger partial charge in [-0.05, 0) is 25.3 Å². The number of hydrogen-bond donors (Lipinski definition) is 3. The van der Waals surface area contributed by atoms with E-state index in [0.717, 1.165) is 5.56 Å². The zero-order valence-corrected chi connectivity index (χ0v) is 14.0. The van der Waals surface area contributed by atoms with Gasteiger partial charge >= 0.3 is 6.03 Å². The number of benzene rings is 1. The van der Waals surface area contributed by atoms with Crippen LogP contribution in [0, 0.1) is 6.92 Å². The molecule has 0 spiro atoms. The third-order valence-corrected chi connectivity index (χ3v) is 3.99. The number of rotatable bonds is 6. The summed E-state index contributed by atoms with van der Waals surface area (Å²) in [4.78, 5) is 12.3. The number of aromatic nitrogens is 2. The van der Waals surface area contributed by atoms with Crippen LogP contribution in [0.2, 0.25) is 5.02 Å². The molecule has 1 unspecified atom stereocenters. The maximum Gasteiger partial charge on any atom is 0.320 e. The lowest BCUT2D eigenvalue weighted by molar-refractivity contribution is 0.243. The molecule has 1 aromatic heterocycles. The van der Waals surface area contributed by atoms with Crippen molar-refractivity contribution in [3.63, 3.8) is 0 Å². The highest BCUT2D eigenvalue weighted by molar-refractivity contribution is 6.34. The predicted octanol–water partition coefficient (Wildman–Crippen LogP) is 3.02. The fraction of sp³-hybridized carbons (Fsp3) is 0.375. The van der Waals surface area contributed by atoms with Gasteiger partial charge in [-0.3, -0.25) is 10.00 Å². The zero-order chi connectivity index (χ0) is 16.8. The van der Waals surface area contributed by atoms with Crippen LogP contribution < -0.4 is 10.6 Å². The average molecular weight is 337 g/mol. The number of hydrogen-bond acceptors (Lipinski definition) is 3. The molecule has 0 radical (unpaired) electrons.